The van der Waals surface area contributed by atoms with E-state index < -0.39 is 11.7 Å². The van der Waals surface area contributed by atoms with Crippen LogP contribution < -0.4 is 10.1 Å². The normalized spacial score (nSPS) is 16.2. The Kier molecular flexibility index (Phi) is 6.88. The summed E-state index contributed by atoms with van der Waals surface area (Å²) in [7, 11) is 0. The molecule has 1 atom stereocenters. The van der Waals surface area contributed by atoms with E-state index in [0.29, 0.717) is 28.0 Å². The molecule has 2 aromatic carbocycles. The molecule has 8 nitrogen and oxygen atoms in total. The molecule has 1 N–H and O–H groups in total. The van der Waals surface area contributed by atoms with Gasteiger partial charge < -0.3 is 14.8 Å². The van der Waals surface area contributed by atoms with Crippen molar-refractivity contribution in [1.29, 1.82) is 0 Å². The Labute approximate surface area is 211 Å². The summed E-state index contributed by atoms with van der Waals surface area (Å²) in [5.74, 6) is 0.356. The van der Waals surface area contributed by atoms with Gasteiger partial charge >= 0.3 is 6.18 Å². The van der Waals surface area contributed by atoms with Gasteiger partial charge in [0.2, 0.25) is 5.91 Å². The SMILES string of the molecule is CC(=O)NCc1nn(-c2ccc(C(F)(F)F)cc2)c2ccc(OCc3ccn(C4CCCCO4)n3)cc12. The van der Waals surface area contributed by atoms with Gasteiger partial charge in [0.25, 0.3) is 0 Å². The first-order chi connectivity index (χ1) is 17.8. The first-order valence-electron chi connectivity index (χ1n) is 12.0. The first kappa shape index (κ1) is 24.8. The number of hydrogen-bond acceptors (Lipinski definition) is 5. The Morgan fingerprint density at radius 2 is 1.95 bits per heavy atom. The van der Waals surface area contributed by atoms with Crippen molar-refractivity contribution in [3.63, 3.8) is 0 Å². The number of benzene rings is 2. The molecule has 1 unspecified atom stereocenters. The van der Waals surface area contributed by atoms with E-state index >= 15 is 0 Å². The van der Waals surface area contributed by atoms with E-state index in [0.717, 1.165) is 43.7 Å². The fourth-order valence-corrected chi connectivity index (χ4v) is 4.28. The second-order valence-corrected chi connectivity index (χ2v) is 8.89. The van der Waals surface area contributed by atoms with E-state index in [1.165, 1.54) is 19.1 Å². The summed E-state index contributed by atoms with van der Waals surface area (Å²) in [6.45, 7) is 2.55. The van der Waals surface area contributed by atoms with Gasteiger partial charge in [0.05, 0.1) is 34.7 Å². The van der Waals surface area contributed by atoms with Crippen molar-refractivity contribution >= 4 is 16.8 Å². The number of hydrogen-bond donors (Lipinski definition) is 1. The summed E-state index contributed by atoms with van der Waals surface area (Å²) in [6.07, 6.45) is 0.516. The van der Waals surface area contributed by atoms with Crippen LogP contribution in [-0.4, -0.2) is 32.1 Å². The van der Waals surface area contributed by atoms with Crippen LogP contribution in [0.3, 0.4) is 0 Å². The van der Waals surface area contributed by atoms with Crippen LogP contribution in [0.2, 0.25) is 0 Å². The lowest BCUT2D eigenvalue weighted by Crippen LogP contribution is -2.19. The molecular weight excluding hydrogens is 487 g/mol. The van der Waals surface area contributed by atoms with Gasteiger partial charge in [-0.1, -0.05) is 0 Å². The van der Waals surface area contributed by atoms with Gasteiger partial charge in [0.1, 0.15) is 18.6 Å². The van der Waals surface area contributed by atoms with E-state index in [4.69, 9.17) is 9.47 Å². The molecule has 1 aliphatic heterocycles. The largest absolute Gasteiger partial charge is 0.487 e. The summed E-state index contributed by atoms with van der Waals surface area (Å²) in [4.78, 5) is 11.5. The highest BCUT2D eigenvalue weighted by atomic mass is 19.4. The Balaban J connectivity index is 1.39. The number of carbonyl (C=O) groups excluding carboxylic acids is 1. The van der Waals surface area contributed by atoms with E-state index in [1.54, 1.807) is 22.9 Å². The van der Waals surface area contributed by atoms with E-state index in [2.05, 4.69) is 15.5 Å². The lowest BCUT2D eigenvalue weighted by Gasteiger charge is -2.22. The van der Waals surface area contributed by atoms with Crippen molar-refractivity contribution < 1.29 is 27.4 Å². The second-order valence-electron chi connectivity index (χ2n) is 8.89. The maximum atomic E-state index is 13.0. The summed E-state index contributed by atoms with van der Waals surface area (Å²) in [5, 5.41) is 12.6. The third kappa shape index (κ3) is 5.61. The van der Waals surface area contributed by atoms with Crippen molar-refractivity contribution in [2.24, 2.45) is 0 Å². The molecule has 1 fully saturated rings. The monoisotopic (exact) mass is 513 g/mol. The molecule has 0 saturated carbocycles. The molecule has 3 heterocycles. The predicted octanol–water partition coefficient (Wildman–Crippen LogP) is 5.16. The molecular formula is C26H26F3N5O3. The van der Waals surface area contributed by atoms with Gasteiger partial charge in [-0.2, -0.15) is 23.4 Å². The number of amides is 1. The van der Waals surface area contributed by atoms with Crippen molar-refractivity contribution in [3.05, 3.63) is 71.7 Å². The number of carbonyl (C=O) groups is 1. The predicted molar refractivity (Wildman–Crippen MR) is 129 cm³/mol. The number of alkyl halides is 3. The smallest absolute Gasteiger partial charge is 0.416 e. The maximum Gasteiger partial charge on any atom is 0.416 e. The molecule has 0 radical (unpaired) electrons. The number of fused-ring (bicyclic) bond motifs is 1. The van der Waals surface area contributed by atoms with Gasteiger partial charge in [-0.05, 0) is 67.8 Å². The first-order valence-corrected chi connectivity index (χ1v) is 12.0. The molecule has 11 heteroatoms. The van der Waals surface area contributed by atoms with Gasteiger partial charge in [-0.15, -0.1) is 0 Å². The van der Waals surface area contributed by atoms with E-state index in [9.17, 15) is 18.0 Å². The fourth-order valence-electron chi connectivity index (χ4n) is 4.28. The molecule has 0 spiro atoms. The molecule has 0 aliphatic carbocycles. The number of ether oxygens (including phenoxy) is 2. The number of halogens is 3. The topological polar surface area (TPSA) is 83.2 Å². The van der Waals surface area contributed by atoms with Crippen LogP contribution >= 0.6 is 0 Å². The quantitative estimate of drug-likeness (QED) is 0.369. The fraction of sp³-hybridized carbons (Fsp3) is 0.346. The average Bonchev–Trinajstić information content (AvgIpc) is 3.51. The molecule has 1 amide bonds. The van der Waals surface area contributed by atoms with Gasteiger partial charge in [-0.3, -0.25) is 4.79 Å². The highest BCUT2D eigenvalue weighted by Crippen LogP contribution is 2.31. The zero-order valence-corrected chi connectivity index (χ0v) is 20.2. The molecule has 37 heavy (non-hydrogen) atoms. The van der Waals surface area contributed by atoms with Crippen LogP contribution in [0.25, 0.3) is 16.6 Å². The van der Waals surface area contributed by atoms with Crippen LogP contribution in [0.4, 0.5) is 13.2 Å². The van der Waals surface area contributed by atoms with Crippen LogP contribution in [0.15, 0.2) is 54.7 Å². The van der Waals surface area contributed by atoms with E-state index in [-0.39, 0.29) is 25.3 Å². The summed E-state index contributed by atoms with van der Waals surface area (Å²) < 4.78 is 54.1. The highest BCUT2D eigenvalue weighted by Gasteiger charge is 2.30. The van der Waals surface area contributed by atoms with Crippen molar-refractivity contribution in [2.45, 2.75) is 51.7 Å². The Bertz CT molecular complexity index is 1390. The molecule has 0 bridgehead atoms. The molecule has 1 aliphatic rings. The second kappa shape index (κ2) is 10.3. The standard InChI is InChI=1S/C26H26F3N5O3/c1-17(35)30-15-23-22-14-21(37-16-19-11-12-33(31-19)25-4-2-3-13-36-25)9-10-24(22)34(32-23)20-7-5-18(6-8-20)26(27,28)29/h5-12,14,25H,2-4,13,15-16H2,1H3,(H,30,35). The third-order valence-corrected chi connectivity index (χ3v) is 6.17. The van der Waals surface area contributed by atoms with Crippen LogP contribution in [-0.2, 0) is 28.9 Å². The highest BCUT2D eigenvalue weighted by molar-refractivity contribution is 5.85. The zero-order valence-electron chi connectivity index (χ0n) is 20.2. The Morgan fingerprint density at radius 3 is 2.65 bits per heavy atom. The minimum Gasteiger partial charge on any atom is -0.487 e. The minimum atomic E-state index is -4.42. The third-order valence-electron chi connectivity index (χ3n) is 6.17. The number of aromatic nitrogens is 4. The van der Waals surface area contributed by atoms with Crippen molar-refractivity contribution in [3.8, 4) is 11.4 Å². The summed E-state index contributed by atoms with van der Waals surface area (Å²) in [6, 6.07) is 12.0. The minimum absolute atomic E-state index is 0.0498. The van der Waals surface area contributed by atoms with Crippen LogP contribution in [0.5, 0.6) is 5.75 Å². The molecule has 5 rings (SSSR count). The van der Waals surface area contributed by atoms with Crippen LogP contribution in [0, 0.1) is 0 Å². The molecule has 2 aromatic heterocycles. The summed E-state index contributed by atoms with van der Waals surface area (Å²) >= 11 is 0. The zero-order chi connectivity index (χ0) is 26.0. The summed E-state index contributed by atoms with van der Waals surface area (Å²) in [5.41, 5.74) is 1.73. The molecule has 1 saturated heterocycles. The van der Waals surface area contributed by atoms with E-state index in [1.807, 2.05) is 16.9 Å². The Morgan fingerprint density at radius 1 is 1.14 bits per heavy atom. The average molecular weight is 514 g/mol. The Hall–Kier alpha value is -3.86. The number of nitrogens with one attached hydrogen (secondary N) is 1. The molecule has 194 valence electrons. The van der Waals surface area contributed by atoms with Crippen molar-refractivity contribution in [1.82, 2.24) is 24.9 Å². The number of nitrogens with zero attached hydrogens (tertiary/aromatic N) is 4. The maximum absolute atomic E-state index is 13.0. The van der Waals surface area contributed by atoms with Gasteiger partial charge in [0, 0.05) is 25.1 Å². The van der Waals surface area contributed by atoms with Crippen molar-refractivity contribution in [2.75, 3.05) is 6.61 Å². The lowest BCUT2D eigenvalue weighted by atomic mass is 10.1. The lowest BCUT2D eigenvalue weighted by molar-refractivity contribution is -0.137. The van der Waals surface area contributed by atoms with Crippen LogP contribution in [0.1, 0.15) is 49.4 Å². The molecule has 4 aromatic rings. The van der Waals surface area contributed by atoms with Gasteiger partial charge in [-0.25, -0.2) is 9.36 Å². The number of rotatable bonds is 7. The van der Waals surface area contributed by atoms with Gasteiger partial charge in [0.15, 0.2) is 0 Å².